The number of amides is 1. The lowest BCUT2D eigenvalue weighted by molar-refractivity contribution is 0.0912. The predicted octanol–water partition coefficient (Wildman–Crippen LogP) is 2.54. The van der Waals surface area contributed by atoms with Gasteiger partial charge in [-0.3, -0.25) is 9.89 Å². The summed E-state index contributed by atoms with van der Waals surface area (Å²) in [6.45, 7) is 5.24. The Morgan fingerprint density at radius 1 is 1.41 bits per heavy atom. The topological polar surface area (TPSA) is 67.0 Å². The molecule has 3 rings (SSSR count). The first kappa shape index (κ1) is 14.8. The Kier molecular flexibility index (Phi) is 4.24. The van der Waals surface area contributed by atoms with Gasteiger partial charge in [0.15, 0.2) is 5.69 Å². The van der Waals surface area contributed by atoms with Gasteiger partial charge in [-0.05, 0) is 24.5 Å². The lowest BCUT2D eigenvalue weighted by Crippen LogP contribution is -2.28. The summed E-state index contributed by atoms with van der Waals surface area (Å²) in [6.07, 6.45) is 1.80. The molecule has 5 nitrogen and oxygen atoms in total. The van der Waals surface area contributed by atoms with Crippen LogP contribution in [0.3, 0.4) is 0 Å². The van der Waals surface area contributed by atoms with Gasteiger partial charge in [0.1, 0.15) is 0 Å². The van der Waals surface area contributed by atoms with Crippen molar-refractivity contribution < 1.29 is 9.53 Å². The number of H-pyrrole nitrogens is 1. The molecule has 116 valence electrons. The number of nitrogens with zero attached hydrogens (tertiary/aromatic N) is 1. The minimum absolute atomic E-state index is 0.0599. The molecule has 1 aromatic heterocycles. The Hall–Kier alpha value is -2.14. The number of aromatic nitrogens is 2. The molecule has 0 spiro atoms. The highest BCUT2D eigenvalue weighted by Gasteiger charge is 2.23. The second-order valence-electron chi connectivity index (χ2n) is 5.62. The van der Waals surface area contributed by atoms with Crippen LogP contribution in [0, 0.1) is 0 Å². The van der Waals surface area contributed by atoms with Crippen molar-refractivity contribution in [1.29, 1.82) is 0 Å². The standard InChI is InChI=1S/C17H21N3O2/c1-3-12-4-6-13(7-5-12)11(2)18-17(21)16-14-10-22-9-8-15(14)19-20-16/h4-7,11H,3,8-10H2,1-2H3,(H,18,21)(H,19,20). The van der Waals surface area contributed by atoms with Crippen LogP contribution in [0.1, 0.15) is 52.8 Å². The normalized spacial score (nSPS) is 15.2. The third-order valence-corrected chi connectivity index (χ3v) is 4.15. The molecule has 0 saturated heterocycles. The fraction of sp³-hybridized carbons (Fsp3) is 0.412. The Morgan fingerprint density at radius 2 is 2.18 bits per heavy atom. The number of ether oxygens (including phenoxy) is 1. The van der Waals surface area contributed by atoms with E-state index in [9.17, 15) is 4.79 Å². The van der Waals surface area contributed by atoms with Crippen molar-refractivity contribution >= 4 is 5.91 Å². The van der Waals surface area contributed by atoms with Crippen molar-refractivity contribution in [3.63, 3.8) is 0 Å². The number of carbonyl (C=O) groups is 1. The zero-order valence-corrected chi connectivity index (χ0v) is 13.0. The molecule has 0 bridgehead atoms. The summed E-state index contributed by atoms with van der Waals surface area (Å²) >= 11 is 0. The van der Waals surface area contributed by atoms with E-state index in [1.54, 1.807) is 0 Å². The van der Waals surface area contributed by atoms with Crippen LogP contribution in [0.2, 0.25) is 0 Å². The summed E-state index contributed by atoms with van der Waals surface area (Å²) in [7, 11) is 0. The van der Waals surface area contributed by atoms with Crippen LogP contribution in [0.5, 0.6) is 0 Å². The van der Waals surface area contributed by atoms with E-state index in [0.29, 0.717) is 18.9 Å². The van der Waals surface area contributed by atoms with E-state index in [2.05, 4.69) is 46.7 Å². The Balaban J connectivity index is 1.71. The van der Waals surface area contributed by atoms with E-state index < -0.39 is 0 Å². The number of rotatable bonds is 4. The maximum atomic E-state index is 12.4. The van der Waals surface area contributed by atoms with Gasteiger partial charge >= 0.3 is 0 Å². The maximum absolute atomic E-state index is 12.4. The molecule has 1 atom stereocenters. The highest BCUT2D eigenvalue weighted by Crippen LogP contribution is 2.19. The van der Waals surface area contributed by atoms with Crippen molar-refractivity contribution in [3.05, 3.63) is 52.3 Å². The van der Waals surface area contributed by atoms with Crippen LogP contribution in [-0.4, -0.2) is 22.7 Å². The average Bonchev–Trinajstić information content (AvgIpc) is 2.99. The van der Waals surface area contributed by atoms with Gasteiger partial charge in [-0.1, -0.05) is 31.2 Å². The summed E-state index contributed by atoms with van der Waals surface area (Å²) in [5.41, 5.74) is 4.73. The van der Waals surface area contributed by atoms with Crippen LogP contribution in [-0.2, 0) is 24.2 Å². The summed E-state index contributed by atoms with van der Waals surface area (Å²) in [5.74, 6) is -0.157. The minimum atomic E-state index is -0.157. The van der Waals surface area contributed by atoms with Crippen LogP contribution in [0.4, 0.5) is 0 Å². The third kappa shape index (κ3) is 2.90. The molecule has 0 fully saturated rings. The second kappa shape index (κ2) is 6.32. The minimum Gasteiger partial charge on any atom is -0.376 e. The molecular weight excluding hydrogens is 278 g/mol. The molecule has 1 amide bonds. The van der Waals surface area contributed by atoms with Crippen molar-refractivity contribution in [2.75, 3.05) is 6.61 Å². The molecule has 1 aromatic carbocycles. The average molecular weight is 299 g/mol. The van der Waals surface area contributed by atoms with Crippen molar-refractivity contribution in [2.24, 2.45) is 0 Å². The van der Waals surface area contributed by atoms with Gasteiger partial charge in [-0.25, -0.2) is 0 Å². The van der Waals surface area contributed by atoms with Gasteiger partial charge in [-0.15, -0.1) is 0 Å². The van der Waals surface area contributed by atoms with Crippen molar-refractivity contribution in [3.8, 4) is 0 Å². The highest BCUT2D eigenvalue weighted by molar-refractivity contribution is 5.94. The second-order valence-corrected chi connectivity index (χ2v) is 5.62. The van der Waals surface area contributed by atoms with Gasteiger partial charge in [-0.2, -0.15) is 5.10 Å². The molecule has 5 heteroatoms. The molecule has 1 aliphatic heterocycles. The number of nitrogens with one attached hydrogen (secondary N) is 2. The van der Waals surface area contributed by atoms with Crippen LogP contribution >= 0.6 is 0 Å². The molecule has 1 aliphatic rings. The molecule has 1 unspecified atom stereocenters. The Bertz CT molecular complexity index is 661. The molecule has 2 aromatic rings. The number of aromatic amines is 1. The molecule has 0 radical (unpaired) electrons. The van der Waals surface area contributed by atoms with Gasteiger partial charge < -0.3 is 10.1 Å². The summed E-state index contributed by atoms with van der Waals surface area (Å²) in [6, 6.07) is 8.26. The molecule has 2 N–H and O–H groups in total. The maximum Gasteiger partial charge on any atom is 0.272 e. The van der Waals surface area contributed by atoms with Gasteiger partial charge in [0.2, 0.25) is 0 Å². The summed E-state index contributed by atoms with van der Waals surface area (Å²) in [4.78, 5) is 12.4. The molecule has 22 heavy (non-hydrogen) atoms. The van der Waals surface area contributed by atoms with E-state index in [0.717, 1.165) is 29.7 Å². The molecule has 2 heterocycles. The zero-order chi connectivity index (χ0) is 15.5. The number of benzene rings is 1. The van der Waals surface area contributed by atoms with Gasteiger partial charge in [0.25, 0.3) is 5.91 Å². The fourth-order valence-electron chi connectivity index (χ4n) is 2.69. The van der Waals surface area contributed by atoms with Gasteiger partial charge in [0, 0.05) is 17.7 Å². The number of carbonyl (C=O) groups excluding carboxylic acids is 1. The first-order chi connectivity index (χ1) is 10.7. The smallest absolute Gasteiger partial charge is 0.272 e. The monoisotopic (exact) mass is 299 g/mol. The van der Waals surface area contributed by atoms with Crippen LogP contribution in [0.25, 0.3) is 0 Å². The third-order valence-electron chi connectivity index (χ3n) is 4.15. The van der Waals surface area contributed by atoms with E-state index in [1.165, 1.54) is 5.56 Å². The highest BCUT2D eigenvalue weighted by atomic mass is 16.5. The van der Waals surface area contributed by atoms with Gasteiger partial charge in [0.05, 0.1) is 19.3 Å². The fourth-order valence-corrected chi connectivity index (χ4v) is 2.69. The van der Waals surface area contributed by atoms with Crippen LogP contribution in [0.15, 0.2) is 24.3 Å². The number of hydrogen-bond donors (Lipinski definition) is 2. The van der Waals surface area contributed by atoms with Crippen molar-refractivity contribution in [2.45, 2.75) is 39.3 Å². The molecule has 0 aliphatic carbocycles. The van der Waals surface area contributed by atoms with Crippen molar-refractivity contribution in [1.82, 2.24) is 15.5 Å². The quantitative estimate of drug-likeness (QED) is 0.911. The summed E-state index contributed by atoms with van der Waals surface area (Å²) < 4.78 is 5.42. The SMILES string of the molecule is CCc1ccc(C(C)NC(=O)c2n[nH]c3c2COCC3)cc1. The van der Waals surface area contributed by atoms with E-state index in [-0.39, 0.29) is 11.9 Å². The Morgan fingerprint density at radius 3 is 2.91 bits per heavy atom. The lowest BCUT2D eigenvalue weighted by atomic mass is 10.0. The predicted molar refractivity (Wildman–Crippen MR) is 83.6 cm³/mol. The number of hydrogen-bond acceptors (Lipinski definition) is 3. The Labute approximate surface area is 130 Å². The largest absolute Gasteiger partial charge is 0.376 e. The summed E-state index contributed by atoms with van der Waals surface area (Å²) in [5, 5.41) is 10.1. The first-order valence-corrected chi connectivity index (χ1v) is 7.72. The van der Waals surface area contributed by atoms with Crippen LogP contribution < -0.4 is 5.32 Å². The first-order valence-electron chi connectivity index (χ1n) is 7.72. The zero-order valence-electron chi connectivity index (χ0n) is 13.0. The van der Waals surface area contributed by atoms with E-state index in [1.807, 2.05) is 6.92 Å². The molecule has 0 saturated carbocycles. The van der Waals surface area contributed by atoms with E-state index in [4.69, 9.17) is 4.74 Å². The number of fused-ring (bicyclic) bond motifs is 1. The number of aryl methyl sites for hydroxylation is 1. The van der Waals surface area contributed by atoms with E-state index >= 15 is 0 Å². The molecular formula is C17H21N3O2. The lowest BCUT2D eigenvalue weighted by Gasteiger charge is -2.16.